The zero-order chi connectivity index (χ0) is 10.8. The van der Waals surface area contributed by atoms with Crippen LogP contribution in [0.15, 0.2) is 12.7 Å². The molecule has 86 valence electrons. The summed E-state index contributed by atoms with van der Waals surface area (Å²) < 4.78 is 2.10. The minimum absolute atomic E-state index is 0.0655. The molecular formula is C12H16ClN3. The first-order valence-corrected chi connectivity index (χ1v) is 6.59. The number of hydrogen-bond donors (Lipinski definition) is 0. The quantitative estimate of drug-likeness (QED) is 0.703. The zero-order valence-corrected chi connectivity index (χ0v) is 10.0. The first-order chi connectivity index (χ1) is 7.68. The summed E-state index contributed by atoms with van der Waals surface area (Å²) in [6.45, 7) is 0. The average molecular weight is 238 g/mol. The Morgan fingerprint density at radius 3 is 2.50 bits per heavy atom. The molecule has 3 nitrogen and oxygen atoms in total. The van der Waals surface area contributed by atoms with E-state index < -0.39 is 0 Å². The van der Waals surface area contributed by atoms with Crippen molar-refractivity contribution in [1.29, 1.82) is 0 Å². The SMILES string of the molecule is ClC12C[C@H]3C[C@@H](C1)CC(n1cncn1)(C3)C2. The molecule has 0 aromatic carbocycles. The van der Waals surface area contributed by atoms with Gasteiger partial charge in [-0.1, -0.05) is 0 Å². The smallest absolute Gasteiger partial charge is 0.137 e. The fourth-order valence-electron chi connectivity index (χ4n) is 4.82. The summed E-state index contributed by atoms with van der Waals surface area (Å²) in [4.78, 5) is 4.18. The average Bonchev–Trinajstić information content (AvgIpc) is 2.65. The molecular weight excluding hydrogens is 222 g/mol. The maximum Gasteiger partial charge on any atom is 0.137 e. The second-order valence-electron chi connectivity index (χ2n) is 6.18. The van der Waals surface area contributed by atoms with E-state index in [1.807, 2.05) is 6.33 Å². The van der Waals surface area contributed by atoms with Gasteiger partial charge in [0.05, 0.1) is 5.54 Å². The molecule has 0 radical (unpaired) electrons. The Labute approximate surface area is 100 Å². The van der Waals surface area contributed by atoms with E-state index in [9.17, 15) is 0 Å². The monoisotopic (exact) mass is 237 g/mol. The van der Waals surface area contributed by atoms with Crippen LogP contribution in [0.3, 0.4) is 0 Å². The van der Waals surface area contributed by atoms with Gasteiger partial charge in [-0.15, -0.1) is 11.6 Å². The Bertz CT molecular complexity index is 400. The van der Waals surface area contributed by atoms with Crippen LogP contribution in [0.2, 0.25) is 0 Å². The molecule has 4 bridgehead atoms. The van der Waals surface area contributed by atoms with Crippen LogP contribution in [0, 0.1) is 11.8 Å². The van der Waals surface area contributed by atoms with E-state index in [-0.39, 0.29) is 10.4 Å². The molecule has 1 heterocycles. The molecule has 0 saturated heterocycles. The van der Waals surface area contributed by atoms with Gasteiger partial charge in [0.1, 0.15) is 12.7 Å². The first kappa shape index (κ1) is 9.46. The Morgan fingerprint density at radius 2 is 1.94 bits per heavy atom. The number of alkyl halides is 1. The van der Waals surface area contributed by atoms with Crippen LogP contribution < -0.4 is 0 Å². The largest absolute Gasteiger partial charge is 0.247 e. The molecule has 4 atom stereocenters. The number of hydrogen-bond acceptors (Lipinski definition) is 2. The molecule has 0 amide bonds. The lowest BCUT2D eigenvalue weighted by Gasteiger charge is -2.59. The molecule has 16 heavy (non-hydrogen) atoms. The summed E-state index contributed by atoms with van der Waals surface area (Å²) in [6.07, 6.45) is 11.0. The van der Waals surface area contributed by atoms with Crippen molar-refractivity contribution in [1.82, 2.24) is 14.8 Å². The van der Waals surface area contributed by atoms with Crippen molar-refractivity contribution >= 4 is 11.6 Å². The third-order valence-corrected chi connectivity index (χ3v) is 5.31. The summed E-state index contributed by atoms with van der Waals surface area (Å²) in [5.74, 6) is 1.64. The van der Waals surface area contributed by atoms with Gasteiger partial charge in [0.2, 0.25) is 0 Å². The molecule has 0 spiro atoms. The van der Waals surface area contributed by atoms with Gasteiger partial charge in [0.15, 0.2) is 0 Å². The molecule has 0 aliphatic heterocycles. The summed E-state index contributed by atoms with van der Waals surface area (Å²) >= 11 is 6.78. The van der Waals surface area contributed by atoms with Gasteiger partial charge in [-0.05, 0) is 50.4 Å². The number of aromatic nitrogens is 3. The van der Waals surface area contributed by atoms with E-state index in [0.717, 1.165) is 18.3 Å². The lowest BCUT2D eigenvalue weighted by molar-refractivity contribution is -0.0373. The van der Waals surface area contributed by atoms with Gasteiger partial charge in [0, 0.05) is 4.87 Å². The molecule has 5 rings (SSSR count). The fourth-order valence-corrected chi connectivity index (χ4v) is 5.51. The second-order valence-corrected chi connectivity index (χ2v) is 6.98. The highest BCUT2D eigenvalue weighted by atomic mass is 35.5. The van der Waals surface area contributed by atoms with Crippen molar-refractivity contribution in [3.63, 3.8) is 0 Å². The van der Waals surface area contributed by atoms with Gasteiger partial charge in [0.25, 0.3) is 0 Å². The highest BCUT2D eigenvalue weighted by Gasteiger charge is 2.58. The van der Waals surface area contributed by atoms with E-state index in [0.29, 0.717) is 0 Å². The van der Waals surface area contributed by atoms with Crippen molar-refractivity contribution in [2.75, 3.05) is 0 Å². The fraction of sp³-hybridized carbons (Fsp3) is 0.833. The second kappa shape index (κ2) is 2.81. The van der Waals surface area contributed by atoms with Crippen LogP contribution in [-0.4, -0.2) is 19.6 Å². The molecule has 1 aromatic heterocycles. The number of halogens is 1. The van der Waals surface area contributed by atoms with Gasteiger partial charge < -0.3 is 0 Å². The van der Waals surface area contributed by atoms with E-state index in [4.69, 9.17) is 11.6 Å². The Hall–Kier alpha value is -0.570. The van der Waals surface area contributed by atoms with Crippen LogP contribution in [-0.2, 0) is 5.54 Å². The molecule has 4 heteroatoms. The topological polar surface area (TPSA) is 30.7 Å². The highest BCUT2D eigenvalue weighted by Crippen LogP contribution is 2.62. The van der Waals surface area contributed by atoms with E-state index in [2.05, 4.69) is 14.8 Å². The molecule has 1 aromatic rings. The molecule has 4 aliphatic rings. The lowest BCUT2D eigenvalue weighted by atomic mass is 9.52. The van der Waals surface area contributed by atoms with Crippen LogP contribution in [0.4, 0.5) is 0 Å². The number of nitrogens with zero attached hydrogens (tertiary/aromatic N) is 3. The molecule has 4 aliphatic carbocycles. The molecule has 4 saturated carbocycles. The van der Waals surface area contributed by atoms with E-state index in [1.54, 1.807) is 6.33 Å². The Morgan fingerprint density at radius 1 is 1.19 bits per heavy atom. The van der Waals surface area contributed by atoms with Crippen LogP contribution in [0.1, 0.15) is 38.5 Å². The highest BCUT2D eigenvalue weighted by molar-refractivity contribution is 6.24. The summed E-state index contributed by atoms with van der Waals surface area (Å²) in [6, 6.07) is 0. The van der Waals surface area contributed by atoms with Gasteiger partial charge in [-0.3, -0.25) is 0 Å². The van der Waals surface area contributed by atoms with Gasteiger partial charge in [-0.2, -0.15) is 5.10 Å². The molecule has 0 N–H and O–H groups in total. The Kier molecular flexibility index (Phi) is 1.66. The lowest BCUT2D eigenvalue weighted by Crippen LogP contribution is -2.57. The number of rotatable bonds is 1. The van der Waals surface area contributed by atoms with E-state index in [1.165, 1.54) is 32.1 Å². The van der Waals surface area contributed by atoms with Gasteiger partial charge >= 0.3 is 0 Å². The third kappa shape index (κ3) is 1.15. The maximum absolute atomic E-state index is 6.78. The van der Waals surface area contributed by atoms with Crippen molar-refractivity contribution in [3.05, 3.63) is 12.7 Å². The minimum atomic E-state index is 0.0655. The van der Waals surface area contributed by atoms with Crippen molar-refractivity contribution in [2.45, 2.75) is 48.9 Å². The zero-order valence-electron chi connectivity index (χ0n) is 9.27. The van der Waals surface area contributed by atoms with Crippen LogP contribution in [0.5, 0.6) is 0 Å². The predicted molar refractivity (Wildman–Crippen MR) is 61.3 cm³/mol. The summed E-state index contributed by atoms with van der Waals surface area (Å²) in [7, 11) is 0. The summed E-state index contributed by atoms with van der Waals surface area (Å²) in [5.41, 5.74) is 0.197. The minimum Gasteiger partial charge on any atom is -0.247 e. The third-order valence-electron chi connectivity index (χ3n) is 4.86. The van der Waals surface area contributed by atoms with Crippen LogP contribution >= 0.6 is 11.6 Å². The van der Waals surface area contributed by atoms with Crippen molar-refractivity contribution in [3.8, 4) is 0 Å². The van der Waals surface area contributed by atoms with Crippen molar-refractivity contribution < 1.29 is 0 Å². The predicted octanol–water partition coefficient (Wildman–Crippen LogP) is 2.56. The van der Waals surface area contributed by atoms with Crippen molar-refractivity contribution in [2.24, 2.45) is 11.8 Å². The summed E-state index contributed by atoms with van der Waals surface area (Å²) in [5, 5.41) is 4.38. The maximum atomic E-state index is 6.78. The normalized spacial score (nSPS) is 49.8. The molecule has 4 fully saturated rings. The van der Waals surface area contributed by atoms with Crippen LogP contribution in [0.25, 0.3) is 0 Å². The molecule has 2 unspecified atom stereocenters. The van der Waals surface area contributed by atoms with Gasteiger partial charge in [-0.25, -0.2) is 9.67 Å². The standard InChI is InChI=1S/C12H16ClN3/c13-11-2-9-1-10(3-11)5-12(4-9,6-11)16-8-14-7-15-16/h7-10H,1-6H2/t9-,10+,11?,12?. The Balaban J connectivity index is 1.80. The van der Waals surface area contributed by atoms with E-state index >= 15 is 0 Å². The first-order valence-electron chi connectivity index (χ1n) is 6.22.